The van der Waals surface area contributed by atoms with E-state index in [0.29, 0.717) is 48.6 Å². The molecule has 4 saturated heterocycles. The molecule has 0 atom stereocenters. The Morgan fingerprint density at radius 2 is 0.918 bits per heavy atom. The quantitative estimate of drug-likeness (QED) is 0.0736. The number of carboxylic acid groups (broad SMARTS) is 1. The average molecular weight is 1640 g/mol. The Hall–Kier alpha value is 0.236. The van der Waals surface area contributed by atoms with Crippen molar-refractivity contribution < 1.29 is 86.6 Å². The molecule has 0 aromatic carbocycles. The molecule has 7 heterocycles. The zero-order valence-electron chi connectivity index (χ0n) is 59.2. The predicted molar refractivity (Wildman–Crippen MR) is 383 cm³/mol. The number of carbonyl (C=O) groups is 2. The molecular formula is C64H101BBrK3N9O17P2Pd. The molecule has 98 heavy (non-hydrogen) atoms. The van der Waals surface area contributed by atoms with Crippen LogP contribution in [-0.2, 0) is 71.6 Å². The third-order valence-electron chi connectivity index (χ3n) is 19.3. The number of aromatic nitrogens is 3. The van der Waals surface area contributed by atoms with E-state index in [0.717, 1.165) is 118 Å². The van der Waals surface area contributed by atoms with Crippen molar-refractivity contribution in [2.45, 2.75) is 222 Å². The van der Waals surface area contributed by atoms with Crippen LogP contribution in [0.4, 0.5) is 34.5 Å². The van der Waals surface area contributed by atoms with Crippen molar-refractivity contribution in [3.8, 4) is 0 Å². The first-order valence-corrected chi connectivity index (χ1v) is 38.8. The standard InChI is InChI=1S/C20H37O2P.C12H15N3O3.C12H17N3O.C9H17BO2.C9H10BrN3O3.C2H4O2.3K.HO2P.2O.Pd/c1-17(21)22-23(18-11-5-2-6-12-18,19-13-7-3-8-14-19)20-15-9-4-10-16-20;16-15(17)10-7-11(9-1-2-9)12(13-8-10)14-3-5-18-6-4-14;13-10-7-11(9-1-2-9)12(14-8-10)15-3-5-16-6-4-15;1-8(2)9(3,4)12-10(11-8)7-5-6-7;10-8-5-7(13(14)15)6-11-9(8)12-1-3-16-4-2-12;1-2(3)4;;;;1-3-2;;;/h18-20,23H,2-16H2,1H3;7-9H,1-6H2;7-9H,1-6,13H2;7H,5-6H2,1-4H3;5-6H,1-4H2;1H3,(H,3,4);;;;3H;;;. The monoisotopic (exact) mass is 1640 g/mol. The molecule has 6 aliphatic carbocycles. The van der Waals surface area contributed by atoms with Crippen molar-refractivity contribution >= 4 is 239 Å². The molecule has 3 radical (unpaired) electrons. The van der Waals surface area contributed by atoms with Crippen LogP contribution in [0.15, 0.2) is 41.3 Å². The summed E-state index contributed by atoms with van der Waals surface area (Å²) in [6, 6.07) is 5.25. The number of nitrogen functional groups attached to an aromatic ring is 1. The van der Waals surface area contributed by atoms with Crippen LogP contribution in [0.5, 0.6) is 0 Å². The number of nitro groups is 2. The summed E-state index contributed by atoms with van der Waals surface area (Å²) in [5, 5.41) is 28.8. The first-order valence-electron chi connectivity index (χ1n) is 33.8. The number of nitrogens with zero attached hydrogens (tertiary/aromatic N) is 8. The van der Waals surface area contributed by atoms with Gasteiger partial charge in [0.05, 0.1) is 77.0 Å². The van der Waals surface area contributed by atoms with Crippen molar-refractivity contribution in [3.05, 3.63) is 72.6 Å². The van der Waals surface area contributed by atoms with Crippen LogP contribution in [-0.4, -0.2) is 310 Å². The molecular weight excluding hydrogens is 1540 g/mol. The number of nitrogens with two attached hydrogens (primary N) is 1. The van der Waals surface area contributed by atoms with E-state index in [2.05, 4.69) is 74.4 Å². The third kappa shape index (κ3) is 30.1. The van der Waals surface area contributed by atoms with Crippen molar-refractivity contribution in [2.75, 3.05) is 99.3 Å². The molecule has 10 aliphatic rings. The molecule has 10 fully saturated rings. The van der Waals surface area contributed by atoms with Gasteiger partial charge in [0.2, 0.25) is 0 Å². The summed E-state index contributed by atoms with van der Waals surface area (Å²) in [5.74, 6) is 3.79. The van der Waals surface area contributed by atoms with E-state index in [1.54, 1.807) is 19.2 Å². The topological polar surface area (TPSA) is 339 Å². The van der Waals surface area contributed by atoms with Crippen molar-refractivity contribution in [1.82, 2.24) is 15.0 Å². The summed E-state index contributed by atoms with van der Waals surface area (Å²) in [6.07, 6.45) is 32.3. The molecule has 26 nitrogen and oxygen atoms in total. The van der Waals surface area contributed by atoms with Gasteiger partial charge < -0.3 is 49.1 Å². The summed E-state index contributed by atoms with van der Waals surface area (Å²) in [5.41, 5.74) is 11.1. The summed E-state index contributed by atoms with van der Waals surface area (Å²) in [7, 11) is -3.36. The second kappa shape index (κ2) is 47.8. The van der Waals surface area contributed by atoms with Gasteiger partial charge in [-0.15, -0.1) is 0 Å². The Labute approximate surface area is 724 Å². The van der Waals surface area contributed by atoms with Gasteiger partial charge in [-0.1, -0.05) is 12.8 Å². The van der Waals surface area contributed by atoms with Crippen LogP contribution in [0.1, 0.15) is 199 Å². The van der Waals surface area contributed by atoms with Gasteiger partial charge in [0.1, 0.15) is 29.8 Å². The number of hydrogen-bond donors (Lipinski definition) is 2. The van der Waals surface area contributed by atoms with E-state index in [1.807, 2.05) is 4.90 Å². The van der Waals surface area contributed by atoms with E-state index < -0.39 is 44.6 Å². The van der Waals surface area contributed by atoms with E-state index in [-0.39, 0.29) is 195 Å². The van der Waals surface area contributed by atoms with Gasteiger partial charge >= 0.3 is 183 Å². The summed E-state index contributed by atoms with van der Waals surface area (Å²) in [4.78, 5) is 61.2. The first-order chi connectivity index (χ1) is 45.5. The van der Waals surface area contributed by atoms with E-state index in [4.69, 9.17) is 59.7 Å². The molecule has 0 amide bonds. The Morgan fingerprint density at radius 1 is 0.602 bits per heavy atom. The fourth-order valence-electron chi connectivity index (χ4n) is 13.7. The number of rotatable bonds is 12. The molecule has 34 heteroatoms. The Balaban J connectivity index is 0.000000309. The van der Waals surface area contributed by atoms with Crippen LogP contribution in [0.2, 0.25) is 5.82 Å². The van der Waals surface area contributed by atoms with E-state index >= 15 is 0 Å². The van der Waals surface area contributed by atoms with Gasteiger partial charge in [-0.3, -0.25) is 25.0 Å². The van der Waals surface area contributed by atoms with Crippen LogP contribution in [0.25, 0.3) is 0 Å². The zero-order chi connectivity index (χ0) is 69.1. The van der Waals surface area contributed by atoms with Gasteiger partial charge in [-0.2, -0.15) is 0 Å². The second-order valence-corrected chi connectivity index (χ2v) is 32.4. The number of halogens is 1. The molecule has 3 aromatic heterocycles. The normalized spacial score (nSPS) is 20.6. The minimum atomic E-state index is -2.01. The van der Waals surface area contributed by atoms with Crippen LogP contribution in [0, 0.1) is 20.2 Å². The maximum absolute atomic E-state index is 12.2. The van der Waals surface area contributed by atoms with Crippen LogP contribution >= 0.6 is 31.8 Å². The number of ether oxygens (including phenoxy) is 3. The maximum atomic E-state index is 12.2. The third-order valence-corrected chi connectivity index (χ3v) is 26.1. The molecule has 0 spiro atoms. The first kappa shape index (κ1) is 92.4. The predicted octanol–water partition coefficient (Wildman–Crippen LogP) is 12.2. The molecule has 0 unspecified atom stereocenters. The summed E-state index contributed by atoms with van der Waals surface area (Å²) in [6.45, 7) is 20.5. The number of anilines is 4. The number of aliphatic carboxylic acids is 1. The molecule has 537 valence electrons. The second-order valence-electron chi connectivity index (χ2n) is 26.7. The fourth-order valence-corrected chi connectivity index (χ4v) is 21.2. The van der Waals surface area contributed by atoms with Gasteiger partial charge in [-0.25, -0.2) is 24.1 Å². The molecule has 4 aliphatic heterocycles. The Kier molecular flexibility index (Phi) is 45.1. The SMILES string of the molecule is CC(=O)O.CC(=O)O[PH](C1CCCCC1)(C1CCCCC1)C1CCCCC1.CC1(C)OB(C2CC2)OC1(C)C.Nc1cnc(N2CCOCC2)c(C2CC2)c1.O=[N+]([O-])c1cnc(N2CCOCC2)c(Br)c1.O=[N+]([O-])c1cnc(N2CCOCC2)c(C2CC2)c1.O=[PH]=O.[K].[K].[K].[O]=[Pd]=[O]. The minimum absolute atomic E-state index is 0. The summed E-state index contributed by atoms with van der Waals surface area (Å²) < 4.78 is 68.5. The Bertz CT molecular complexity index is 2940. The van der Waals surface area contributed by atoms with Gasteiger partial charge in [0.15, 0.2) is 0 Å². The average Bonchev–Trinajstić information content (AvgIpc) is 1.26. The molecule has 3 N–H and O–H groups in total. The number of morpholine rings is 3. The Morgan fingerprint density at radius 3 is 1.23 bits per heavy atom. The van der Waals surface area contributed by atoms with Gasteiger partial charge in [-0.05, 0) is 98.6 Å². The number of hydrogen-bond acceptors (Lipinski definition) is 23. The van der Waals surface area contributed by atoms with E-state index in [1.165, 1.54) is 146 Å². The van der Waals surface area contributed by atoms with Gasteiger partial charge in [0.25, 0.3) is 17.3 Å². The fraction of sp³-hybridized carbons (Fsp3) is 0.734. The molecule has 13 rings (SSSR count). The zero-order valence-corrected chi connectivity index (χ0v) is 73.7. The molecule has 3 aromatic rings. The number of carboxylic acids is 1. The molecule has 6 saturated carbocycles. The number of carbonyl (C=O) groups excluding carboxylic acids is 1. The van der Waals surface area contributed by atoms with Crippen molar-refractivity contribution in [3.63, 3.8) is 0 Å². The van der Waals surface area contributed by atoms with Crippen molar-refractivity contribution in [2.24, 2.45) is 0 Å². The van der Waals surface area contributed by atoms with Crippen LogP contribution < -0.4 is 20.4 Å². The molecule has 0 bridgehead atoms. The van der Waals surface area contributed by atoms with Crippen molar-refractivity contribution in [1.29, 1.82) is 0 Å². The number of pyridine rings is 3. The summed E-state index contributed by atoms with van der Waals surface area (Å²) >= 11 is 1.75. The van der Waals surface area contributed by atoms with Gasteiger partial charge in [0, 0.05) is 218 Å². The van der Waals surface area contributed by atoms with E-state index in [9.17, 15) is 25.0 Å². The van der Waals surface area contributed by atoms with Crippen LogP contribution in [0.3, 0.4) is 0 Å².